The lowest BCUT2D eigenvalue weighted by Crippen LogP contribution is -2.22. The summed E-state index contributed by atoms with van der Waals surface area (Å²) in [5, 5.41) is 4.19. The van der Waals surface area contributed by atoms with E-state index in [2.05, 4.69) is 26.9 Å². The van der Waals surface area contributed by atoms with Crippen LogP contribution in [0.3, 0.4) is 0 Å². The highest BCUT2D eigenvalue weighted by Crippen LogP contribution is 2.24. The van der Waals surface area contributed by atoms with Gasteiger partial charge in [0.1, 0.15) is 12.1 Å². The summed E-state index contributed by atoms with van der Waals surface area (Å²) in [4.78, 5) is 10.4. The average Bonchev–Trinajstić information content (AvgIpc) is 2.84. The number of anilines is 1. The molecule has 0 aromatic carbocycles. The van der Waals surface area contributed by atoms with Crippen LogP contribution >= 0.6 is 0 Å². The van der Waals surface area contributed by atoms with Gasteiger partial charge in [0, 0.05) is 31.9 Å². The van der Waals surface area contributed by atoms with E-state index in [4.69, 9.17) is 4.74 Å². The molecular formula is C13H19N5O. The molecule has 0 amide bonds. The summed E-state index contributed by atoms with van der Waals surface area (Å²) in [6, 6.07) is 2.02. The second-order valence-corrected chi connectivity index (χ2v) is 4.38. The molecule has 19 heavy (non-hydrogen) atoms. The number of nitrogens with zero attached hydrogens (tertiary/aromatic N) is 5. The van der Waals surface area contributed by atoms with Gasteiger partial charge in [0.25, 0.3) is 0 Å². The van der Waals surface area contributed by atoms with Crippen molar-refractivity contribution >= 4 is 5.82 Å². The first kappa shape index (κ1) is 13.3. The highest BCUT2D eigenvalue weighted by atomic mass is 16.5. The molecule has 6 heteroatoms. The van der Waals surface area contributed by atoms with Gasteiger partial charge >= 0.3 is 0 Å². The molecule has 0 saturated carbocycles. The van der Waals surface area contributed by atoms with E-state index in [0.717, 1.165) is 11.4 Å². The Morgan fingerprint density at radius 1 is 1.42 bits per heavy atom. The van der Waals surface area contributed by atoms with E-state index in [1.165, 1.54) is 6.33 Å². The maximum atomic E-state index is 5.39. The van der Waals surface area contributed by atoms with Crippen LogP contribution in [-0.4, -0.2) is 33.4 Å². The van der Waals surface area contributed by atoms with Gasteiger partial charge in [-0.15, -0.1) is 0 Å². The Labute approximate surface area is 113 Å². The van der Waals surface area contributed by atoms with Crippen molar-refractivity contribution in [2.45, 2.75) is 19.9 Å². The van der Waals surface area contributed by atoms with Crippen LogP contribution in [0.25, 0.3) is 0 Å². The van der Waals surface area contributed by atoms with Crippen LogP contribution in [0.4, 0.5) is 5.82 Å². The molecule has 0 saturated heterocycles. The Bertz CT molecular complexity index is 539. The van der Waals surface area contributed by atoms with Gasteiger partial charge in [-0.25, -0.2) is 9.97 Å². The predicted molar refractivity (Wildman–Crippen MR) is 73.2 cm³/mol. The standard InChI is InChI=1S/C13H19N5O/c1-5-19-13-6-12(14-9-15-13)18(4)10(2)11-7-16-17(3)8-11/h6-10H,5H2,1-4H3/t10-/m0/s1. The molecule has 2 heterocycles. The van der Waals surface area contributed by atoms with Crippen molar-refractivity contribution in [3.8, 4) is 5.88 Å². The molecular weight excluding hydrogens is 242 g/mol. The lowest BCUT2D eigenvalue weighted by Gasteiger charge is -2.25. The van der Waals surface area contributed by atoms with Gasteiger partial charge in [0.05, 0.1) is 18.8 Å². The first-order valence-corrected chi connectivity index (χ1v) is 6.28. The van der Waals surface area contributed by atoms with E-state index in [0.29, 0.717) is 12.5 Å². The lowest BCUT2D eigenvalue weighted by atomic mass is 10.1. The van der Waals surface area contributed by atoms with Crippen molar-refractivity contribution in [2.24, 2.45) is 7.05 Å². The summed E-state index contributed by atoms with van der Waals surface area (Å²) in [5.74, 6) is 1.42. The van der Waals surface area contributed by atoms with Crippen molar-refractivity contribution in [2.75, 3.05) is 18.6 Å². The SMILES string of the molecule is CCOc1cc(N(C)[C@@H](C)c2cnn(C)c2)ncn1. The molecule has 0 N–H and O–H groups in total. The first-order valence-electron chi connectivity index (χ1n) is 6.28. The molecule has 2 aromatic rings. The molecule has 0 aliphatic carbocycles. The average molecular weight is 261 g/mol. The van der Waals surface area contributed by atoms with Crippen molar-refractivity contribution in [3.05, 3.63) is 30.4 Å². The van der Waals surface area contributed by atoms with E-state index >= 15 is 0 Å². The van der Waals surface area contributed by atoms with E-state index in [1.54, 1.807) is 4.68 Å². The van der Waals surface area contributed by atoms with Crippen LogP contribution < -0.4 is 9.64 Å². The van der Waals surface area contributed by atoms with Crippen LogP contribution in [0.15, 0.2) is 24.8 Å². The summed E-state index contributed by atoms with van der Waals surface area (Å²) in [5.41, 5.74) is 1.14. The number of hydrogen-bond acceptors (Lipinski definition) is 5. The molecule has 102 valence electrons. The fourth-order valence-corrected chi connectivity index (χ4v) is 1.83. The zero-order valence-electron chi connectivity index (χ0n) is 11.7. The summed E-state index contributed by atoms with van der Waals surface area (Å²) < 4.78 is 7.19. The molecule has 2 rings (SSSR count). The van der Waals surface area contributed by atoms with Gasteiger partial charge in [0.15, 0.2) is 0 Å². The van der Waals surface area contributed by atoms with Crippen molar-refractivity contribution in [3.63, 3.8) is 0 Å². The summed E-state index contributed by atoms with van der Waals surface area (Å²) in [6.07, 6.45) is 5.39. The number of hydrogen-bond donors (Lipinski definition) is 0. The maximum Gasteiger partial charge on any atom is 0.218 e. The number of aryl methyl sites for hydroxylation is 1. The van der Waals surface area contributed by atoms with Gasteiger partial charge in [-0.2, -0.15) is 5.10 Å². The molecule has 0 fully saturated rings. The second-order valence-electron chi connectivity index (χ2n) is 4.38. The van der Waals surface area contributed by atoms with Gasteiger partial charge in [0.2, 0.25) is 5.88 Å². The molecule has 0 aliphatic heterocycles. The minimum atomic E-state index is 0.179. The summed E-state index contributed by atoms with van der Waals surface area (Å²) in [6.45, 7) is 4.64. The lowest BCUT2D eigenvalue weighted by molar-refractivity contribution is 0.326. The summed E-state index contributed by atoms with van der Waals surface area (Å²) in [7, 11) is 3.91. The van der Waals surface area contributed by atoms with Gasteiger partial charge < -0.3 is 9.64 Å². The molecule has 0 unspecified atom stereocenters. The van der Waals surface area contributed by atoms with E-state index < -0.39 is 0 Å². The van der Waals surface area contributed by atoms with Crippen LogP contribution in [0, 0.1) is 0 Å². The Hall–Kier alpha value is -2.11. The summed E-state index contributed by atoms with van der Waals surface area (Å²) >= 11 is 0. The molecule has 0 spiro atoms. The minimum Gasteiger partial charge on any atom is -0.478 e. The minimum absolute atomic E-state index is 0.179. The molecule has 0 aliphatic rings. The Morgan fingerprint density at radius 3 is 2.84 bits per heavy atom. The van der Waals surface area contributed by atoms with Gasteiger partial charge in [-0.1, -0.05) is 0 Å². The zero-order valence-corrected chi connectivity index (χ0v) is 11.7. The van der Waals surface area contributed by atoms with Gasteiger partial charge in [-0.3, -0.25) is 4.68 Å². The molecule has 0 radical (unpaired) electrons. The number of ether oxygens (including phenoxy) is 1. The predicted octanol–water partition coefficient (Wildman–Crippen LogP) is 1.81. The first-order chi connectivity index (χ1) is 9.11. The fourth-order valence-electron chi connectivity index (χ4n) is 1.83. The fraction of sp³-hybridized carbons (Fsp3) is 0.462. The number of rotatable bonds is 5. The molecule has 2 aromatic heterocycles. The normalized spacial score (nSPS) is 12.2. The molecule has 0 bridgehead atoms. The highest BCUT2D eigenvalue weighted by molar-refractivity contribution is 5.42. The monoisotopic (exact) mass is 261 g/mol. The Morgan fingerprint density at radius 2 is 2.21 bits per heavy atom. The zero-order chi connectivity index (χ0) is 13.8. The maximum absolute atomic E-state index is 5.39. The van der Waals surface area contributed by atoms with Crippen molar-refractivity contribution in [1.82, 2.24) is 19.7 Å². The third-order valence-corrected chi connectivity index (χ3v) is 3.07. The molecule has 6 nitrogen and oxygen atoms in total. The third kappa shape index (κ3) is 3.01. The Kier molecular flexibility index (Phi) is 3.99. The van der Waals surface area contributed by atoms with Crippen LogP contribution in [-0.2, 0) is 7.05 Å². The van der Waals surface area contributed by atoms with Crippen LogP contribution in [0.2, 0.25) is 0 Å². The quantitative estimate of drug-likeness (QED) is 0.821. The molecule has 1 atom stereocenters. The third-order valence-electron chi connectivity index (χ3n) is 3.07. The topological polar surface area (TPSA) is 56.1 Å². The Balaban J connectivity index is 2.18. The van der Waals surface area contributed by atoms with E-state index in [1.807, 2.05) is 39.5 Å². The van der Waals surface area contributed by atoms with Crippen molar-refractivity contribution in [1.29, 1.82) is 0 Å². The van der Waals surface area contributed by atoms with Crippen molar-refractivity contribution < 1.29 is 4.74 Å². The smallest absolute Gasteiger partial charge is 0.218 e. The van der Waals surface area contributed by atoms with Crippen LogP contribution in [0.1, 0.15) is 25.5 Å². The van der Waals surface area contributed by atoms with Gasteiger partial charge in [-0.05, 0) is 13.8 Å². The highest BCUT2D eigenvalue weighted by Gasteiger charge is 2.15. The van der Waals surface area contributed by atoms with E-state index in [9.17, 15) is 0 Å². The van der Waals surface area contributed by atoms with Crippen LogP contribution in [0.5, 0.6) is 5.88 Å². The second kappa shape index (κ2) is 5.69. The van der Waals surface area contributed by atoms with E-state index in [-0.39, 0.29) is 6.04 Å². The number of aromatic nitrogens is 4. The largest absolute Gasteiger partial charge is 0.478 e.